The third kappa shape index (κ3) is 4.91. The van der Waals surface area contributed by atoms with Crippen molar-refractivity contribution >= 4 is 40.7 Å². The van der Waals surface area contributed by atoms with Crippen LogP contribution in [0.2, 0.25) is 5.02 Å². The first-order valence-electron chi connectivity index (χ1n) is 9.59. The maximum atomic E-state index is 12.5. The minimum absolute atomic E-state index is 0.202. The highest BCUT2D eigenvalue weighted by Crippen LogP contribution is 2.25. The van der Waals surface area contributed by atoms with Gasteiger partial charge in [-0.3, -0.25) is 24.7 Å². The number of nitrogens with zero attached hydrogens (tertiary/aromatic N) is 2. The van der Waals surface area contributed by atoms with E-state index in [1.165, 1.54) is 6.07 Å². The standard InChI is InChI=1S/C22H16ClN5O5/c1-12-19(26-22(27-20(12)29)25-15-7-5-14(23)6-8-15)13-3-2-4-16(11-13)24-21(30)17-9-10-18(33-17)28(31)32/h2-11H,1H3,(H,24,30)(H2,25,26,27,29). The minimum atomic E-state index is -0.728. The van der Waals surface area contributed by atoms with Gasteiger partial charge >= 0.3 is 5.88 Å². The summed E-state index contributed by atoms with van der Waals surface area (Å²) in [6.45, 7) is 1.64. The highest BCUT2D eigenvalue weighted by atomic mass is 35.5. The van der Waals surface area contributed by atoms with Gasteiger partial charge in [0, 0.05) is 27.5 Å². The van der Waals surface area contributed by atoms with Crippen molar-refractivity contribution in [2.24, 2.45) is 0 Å². The number of rotatable bonds is 6. The average Bonchev–Trinajstić information content (AvgIpc) is 3.29. The number of carbonyl (C=O) groups excluding carboxylic acids is 1. The lowest BCUT2D eigenvalue weighted by Crippen LogP contribution is -2.15. The van der Waals surface area contributed by atoms with E-state index in [0.29, 0.717) is 33.2 Å². The molecule has 1 amide bonds. The Morgan fingerprint density at radius 2 is 1.88 bits per heavy atom. The van der Waals surface area contributed by atoms with Gasteiger partial charge in [0.15, 0.2) is 5.76 Å². The Morgan fingerprint density at radius 3 is 2.58 bits per heavy atom. The van der Waals surface area contributed by atoms with Crippen LogP contribution in [0.1, 0.15) is 16.1 Å². The number of anilines is 3. The van der Waals surface area contributed by atoms with Crippen molar-refractivity contribution in [2.75, 3.05) is 10.6 Å². The van der Waals surface area contributed by atoms with Crippen molar-refractivity contribution in [2.45, 2.75) is 6.92 Å². The van der Waals surface area contributed by atoms with Crippen molar-refractivity contribution in [3.05, 3.63) is 97.5 Å². The van der Waals surface area contributed by atoms with E-state index >= 15 is 0 Å². The molecule has 2 aromatic carbocycles. The van der Waals surface area contributed by atoms with E-state index in [1.54, 1.807) is 55.5 Å². The molecule has 0 spiro atoms. The lowest BCUT2D eigenvalue weighted by molar-refractivity contribution is -0.402. The molecule has 33 heavy (non-hydrogen) atoms. The average molecular weight is 466 g/mol. The Balaban J connectivity index is 1.61. The van der Waals surface area contributed by atoms with Gasteiger partial charge in [-0.25, -0.2) is 4.98 Å². The zero-order valence-electron chi connectivity index (χ0n) is 17.1. The number of nitro groups is 1. The number of nitrogens with one attached hydrogen (secondary N) is 3. The first-order valence-corrected chi connectivity index (χ1v) is 9.97. The number of aromatic nitrogens is 2. The van der Waals surface area contributed by atoms with E-state index in [-0.39, 0.29) is 17.3 Å². The number of benzene rings is 2. The molecule has 11 heteroatoms. The van der Waals surface area contributed by atoms with Gasteiger partial charge in [-0.2, -0.15) is 0 Å². The molecule has 0 aliphatic heterocycles. The van der Waals surface area contributed by atoms with E-state index in [4.69, 9.17) is 16.0 Å². The molecule has 0 fully saturated rings. The van der Waals surface area contributed by atoms with Crippen LogP contribution in [-0.4, -0.2) is 20.8 Å². The number of hydrogen-bond donors (Lipinski definition) is 3. The SMILES string of the molecule is Cc1c(-c2cccc(NC(=O)c3ccc([N+](=O)[O-])o3)c2)nc(Nc2ccc(Cl)cc2)[nH]c1=O. The van der Waals surface area contributed by atoms with Gasteiger partial charge < -0.3 is 15.1 Å². The lowest BCUT2D eigenvalue weighted by Gasteiger charge is -2.11. The normalized spacial score (nSPS) is 10.6. The third-order valence-corrected chi connectivity index (χ3v) is 4.90. The molecule has 4 rings (SSSR count). The molecule has 2 aromatic heterocycles. The van der Waals surface area contributed by atoms with Gasteiger partial charge in [-0.05, 0) is 49.4 Å². The molecule has 0 aliphatic carbocycles. The van der Waals surface area contributed by atoms with Crippen LogP contribution in [0.15, 0.2) is 69.9 Å². The molecule has 0 bridgehead atoms. The maximum Gasteiger partial charge on any atom is 0.433 e. The molecule has 10 nitrogen and oxygen atoms in total. The van der Waals surface area contributed by atoms with Gasteiger partial charge in [0.05, 0.1) is 11.8 Å². The van der Waals surface area contributed by atoms with Gasteiger partial charge in [0.2, 0.25) is 5.95 Å². The van der Waals surface area contributed by atoms with Gasteiger partial charge in [0.1, 0.15) is 4.92 Å². The molecular formula is C22H16ClN5O5. The Morgan fingerprint density at radius 1 is 1.12 bits per heavy atom. The van der Waals surface area contributed by atoms with E-state index in [1.807, 2.05) is 0 Å². The zero-order valence-corrected chi connectivity index (χ0v) is 17.8. The summed E-state index contributed by atoms with van der Waals surface area (Å²) >= 11 is 5.90. The number of furan rings is 1. The van der Waals surface area contributed by atoms with E-state index in [9.17, 15) is 19.7 Å². The number of hydrogen-bond acceptors (Lipinski definition) is 7. The largest absolute Gasteiger partial charge is 0.433 e. The van der Waals surface area contributed by atoms with Crippen LogP contribution in [0, 0.1) is 17.0 Å². The fourth-order valence-corrected chi connectivity index (χ4v) is 3.15. The van der Waals surface area contributed by atoms with Crippen LogP contribution < -0.4 is 16.2 Å². The van der Waals surface area contributed by atoms with Crippen LogP contribution in [-0.2, 0) is 0 Å². The quantitative estimate of drug-likeness (QED) is 0.271. The summed E-state index contributed by atoms with van der Waals surface area (Å²) in [5.74, 6) is -1.15. The van der Waals surface area contributed by atoms with Crippen LogP contribution in [0.3, 0.4) is 0 Å². The topological polar surface area (TPSA) is 143 Å². The molecule has 0 saturated heterocycles. The van der Waals surface area contributed by atoms with Crippen molar-refractivity contribution in [1.29, 1.82) is 0 Å². The monoisotopic (exact) mass is 465 g/mol. The van der Waals surface area contributed by atoms with Crippen LogP contribution >= 0.6 is 11.6 Å². The molecule has 0 atom stereocenters. The number of aromatic amines is 1. The van der Waals surface area contributed by atoms with Crippen LogP contribution in [0.4, 0.5) is 23.2 Å². The minimum Gasteiger partial charge on any atom is -0.395 e. The van der Waals surface area contributed by atoms with Gasteiger partial charge in [-0.1, -0.05) is 23.7 Å². The van der Waals surface area contributed by atoms with Crippen molar-refractivity contribution < 1.29 is 14.1 Å². The number of halogens is 1. The smallest absolute Gasteiger partial charge is 0.395 e. The van der Waals surface area contributed by atoms with Crippen molar-refractivity contribution in [3.63, 3.8) is 0 Å². The summed E-state index contributed by atoms with van der Waals surface area (Å²) < 4.78 is 4.92. The summed E-state index contributed by atoms with van der Waals surface area (Å²) in [4.78, 5) is 42.1. The highest BCUT2D eigenvalue weighted by molar-refractivity contribution is 6.30. The Hall–Kier alpha value is -4.44. The van der Waals surface area contributed by atoms with Crippen molar-refractivity contribution in [1.82, 2.24) is 9.97 Å². The van der Waals surface area contributed by atoms with Gasteiger partial charge in [-0.15, -0.1) is 0 Å². The first-order chi connectivity index (χ1) is 15.8. The Bertz CT molecular complexity index is 1410. The molecule has 4 aromatic rings. The Kier molecular flexibility index (Phi) is 5.92. The molecule has 3 N–H and O–H groups in total. The number of amides is 1. The van der Waals surface area contributed by atoms with Crippen LogP contribution in [0.25, 0.3) is 11.3 Å². The molecule has 0 aliphatic rings. The van der Waals surface area contributed by atoms with Crippen molar-refractivity contribution in [3.8, 4) is 11.3 Å². The molecule has 0 unspecified atom stereocenters. The fraction of sp³-hybridized carbons (Fsp3) is 0.0455. The second kappa shape index (κ2) is 8.97. The summed E-state index contributed by atoms with van der Waals surface area (Å²) in [6, 6.07) is 15.9. The Labute approximate surface area is 191 Å². The summed E-state index contributed by atoms with van der Waals surface area (Å²) in [6.07, 6.45) is 0. The van der Waals surface area contributed by atoms with Crippen LogP contribution in [0.5, 0.6) is 0 Å². The summed E-state index contributed by atoms with van der Waals surface area (Å²) in [5.41, 5.74) is 2.15. The lowest BCUT2D eigenvalue weighted by atomic mass is 10.1. The second-order valence-corrected chi connectivity index (χ2v) is 7.39. The third-order valence-electron chi connectivity index (χ3n) is 4.65. The summed E-state index contributed by atoms with van der Waals surface area (Å²) in [5, 5.41) is 17.0. The molecular weight excluding hydrogens is 450 g/mol. The first kappa shape index (κ1) is 21.8. The maximum absolute atomic E-state index is 12.5. The summed E-state index contributed by atoms with van der Waals surface area (Å²) in [7, 11) is 0. The fourth-order valence-electron chi connectivity index (χ4n) is 3.03. The van der Waals surface area contributed by atoms with E-state index < -0.39 is 16.7 Å². The predicted octanol–water partition coefficient (Wildman–Crippen LogP) is 4.90. The second-order valence-electron chi connectivity index (χ2n) is 6.95. The van der Waals surface area contributed by atoms with E-state index in [0.717, 1.165) is 6.07 Å². The van der Waals surface area contributed by atoms with Gasteiger partial charge in [0.25, 0.3) is 11.5 Å². The number of carbonyl (C=O) groups is 1. The highest BCUT2D eigenvalue weighted by Gasteiger charge is 2.18. The molecule has 0 radical (unpaired) electrons. The molecule has 166 valence electrons. The molecule has 2 heterocycles. The van der Waals surface area contributed by atoms with E-state index in [2.05, 4.69) is 20.6 Å². The predicted molar refractivity (Wildman–Crippen MR) is 123 cm³/mol. The molecule has 0 saturated carbocycles. The zero-order chi connectivity index (χ0) is 23.5. The number of H-pyrrole nitrogens is 1.